The Labute approximate surface area is 158 Å². The van der Waals surface area contributed by atoms with E-state index in [-0.39, 0.29) is 0 Å². The van der Waals surface area contributed by atoms with Crippen LogP contribution in [0.25, 0.3) is 38.9 Å². The third-order valence-electron chi connectivity index (χ3n) is 4.27. The molecule has 0 N–H and O–H groups in total. The van der Waals surface area contributed by atoms with Gasteiger partial charge in [0.2, 0.25) is 5.82 Å². The first-order valence-electron chi connectivity index (χ1n) is 8.16. The van der Waals surface area contributed by atoms with Gasteiger partial charge >= 0.3 is 0 Å². The highest BCUT2D eigenvalue weighted by Crippen LogP contribution is 2.30. The van der Waals surface area contributed by atoms with Crippen LogP contribution in [0.3, 0.4) is 0 Å². The maximum atomic E-state index is 8.37. The molecule has 4 aromatic rings. The number of hydrogen-bond donors (Lipinski definition) is 0. The first-order valence-corrected chi connectivity index (χ1v) is 8.54. The Morgan fingerprint density at radius 2 is 2.15 bits per heavy atom. The van der Waals surface area contributed by atoms with Crippen LogP contribution in [-0.4, -0.2) is 40.5 Å². The van der Waals surface area contributed by atoms with Gasteiger partial charge in [-0.2, -0.15) is 5.10 Å². The van der Waals surface area contributed by atoms with Crippen molar-refractivity contribution in [1.29, 1.82) is 0 Å². The third-order valence-corrected chi connectivity index (χ3v) is 4.54. The molecular weight excluding hydrogens is 368 g/mol. The number of aromatic nitrogens is 7. The van der Waals surface area contributed by atoms with E-state index < -0.39 is 0 Å². The lowest BCUT2D eigenvalue weighted by atomic mass is 10.1. The summed E-state index contributed by atoms with van der Waals surface area (Å²) in [5.41, 5.74) is 11.7. The molecular formula is C16H15ClN10. The lowest BCUT2D eigenvalue weighted by Gasteiger charge is -2.03. The van der Waals surface area contributed by atoms with Crippen molar-refractivity contribution < 1.29 is 0 Å². The topological polar surface area (TPSA) is 115 Å². The number of hydrogen-bond acceptors (Lipinski definition) is 5. The summed E-state index contributed by atoms with van der Waals surface area (Å²) < 4.78 is 5.28. The molecule has 10 nitrogen and oxygen atoms in total. The number of aryl methyl sites for hydroxylation is 2. The van der Waals surface area contributed by atoms with Gasteiger partial charge in [0.25, 0.3) is 0 Å². The molecule has 0 amide bonds. The molecule has 11 heteroatoms. The van der Waals surface area contributed by atoms with E-state index in [2.05, 4.69) is 30.2 Å². The van der Waals surface area contributed by atoms with Crippen LogP contribution >= 0.6 is 11.6 Å². The monoisotopic (exact) mass is 382 g/mol. The van der Waals surface area contributed by atoms with Gasteiger partial charge in [0.15, 0.2) is 11.0 Å². The lowest BCUT2D eigenvalue weighted by Crippen LogP contribution is -2.02. The molecule has 0 saturated carbocycles. The van der Waals surface area contributed by atoms with Crippen LogP contribution in [0, 0.1) is 6.92 Å². The van der Waals surface area contributed by atoms with Gasteiger partial charge in [-0.3, -0.25) is 4.68 Å². The Bertz CT molecular complexity index is 1180. The van der Waals surface area contributed by atoms with Crippen LogP contribution in [0.15, 0.2) is 36.0 Å². The molecule has 0 bridgehead atoms. The molecule has 0 fully saturated rings. The van der Waals surface area contributed by atoms with Gasteiger partial charge < -0.3 is 4.57 Å². The van der Waals surface area contributed by atoms with Crippen LogP contribution in [-0.2, 0) is 13.6 Å². The Kier molecular flexibility index (Phi) is 4.27. The molecule has 4 heterocycles. The first-order chi connectivity index (χ1) is 13.1. The maximum Gasteiger partial charge on any atom is 0.217 e. The van der Waals surface area contributed by atoms with E-state index in [4.69, 9.17) is 17.1 Å². The number of azide groups is 1. The molecule has 0 atom stereocenters. The predicted molar refractivity (Wildman–Crippen MR) is 100 cm³/mol. The van der Waals surface area contributed by atoms with Gasteiger partial charge in [0.1, 0.15) is 5.52 Å². The van der Waals surface area contributed by atoms with Gasteiger partial charge in [-0.1, -0.05) is 16.7 Å². The molecule has 0 aliphatic heterocycles. The largest absolute Gasteiger partial charge is 0.331 e. The average molecular weight is 383 g/mol. The minimum Gasteiger partial charge on any atom is -0.331 e. The molecule has 4 rings (SSSR count). The highest BCUT2D eigenvalue weighted by molar-refractivity contribution is 6.33. The Morgan fingerprint density at radius 1 is 1.30 bits per heavy atom. The standard InChI is InChI=1S/C16H15ClN10/c1-10-11(12-3-6-26(22-12)8-5-20-24-18)9-27-13(10)14(17)21-15(23-27)16-19-4-7-25(16)2/h3-4,6-7,9H,5,8H2,1-2H3. The van der Waals surface area contributed by atoms with Crippen LogP contribution in [0.2, 0.25) is 5.15 Å². The quantitative estimate of drug-likeness (QED) is 0.299. The second-order valence-electron chi connectivity index (χ2n) is 5.97. The van der Waals surface area contributed by atoms with E-state index in [9.17, 15) is 0 Å². The summed E-state index contributed by atoms with van der Waals surface area (Å²) in [5.74, 6) is 1.08. The zero-order valence-corrected chi connectivity index (χ0v) is 15.4. The second-order valence-corrected chi connectivity index (χ2v) is 6.33. The van der Waals surface area contributed by atoms with Gasteiger partial charge in [-0.15, -0.1) is 5.10 Å². The summed E-state index contributed by atoms with van der Waals surface area (Å²) >= 11 is 6.45. The molecule has 0 aliphatic carbocycles. The second kappa shape index (κ2) is 6.75. The first kappa shape index (κ1) is 17.1. The van der Waals surface area contributed by atoms with Crippen LogP contribution in [0.4, 0.5) is 0 Å². The lowest BCUT2D eigenvalue weighted by molar-refractivity contribution is 0.625. The zero-order chi connectivity index (χ0) is 19.0. The summed E-state index contributed by atoms with van der Waals surface area (Å²) in [4.78, 5) is 11.4. The van der Waals surface area contributed by atoms with Crippen molar-refractivity contribution in [3.05, 3.63) is 52.0 Å². The molecule has 4 aromatic heterocycles. The predicted octanol–water partition coefficient (Wildman–Crippen LogP) is 3.27. The van der Waals surface area contributed by atoms with Crippen molar-refractivity contribution in [3.8, 4) is 22.9 Å². The highest BCUT2D eigenvalue weighted by atomic mass is 35.5. The molecule has 136 valence electrons. The molecule has 0 unspecified atom stereocenters. The molecule has 0 spiro atoms. The minimum absolute atomic E-state index is 0.346. The molecule has 27 heavy (non-hydrogen) atoms. The Morgan fingerprint density at radius 3 is 2.89 bits per heavy atom. The zero-order valence-electron chi connectivity index (χ0n) is 14.7. The van der Waals surface area contributed by atoms with Gasteiger partial charge in [-0.05, 0) is 24.1 Å². The van der Waals surface area contributed by atoms with Gasteiger partial charge in [-0.25, -0.2) is 14.5 Å². The normalized spacial score (nSPS) is 11.1. The maximum absolute atomic E-state index is 8.37. The van der Waals surface area contributed by atoms with Crippen LogP contribution < -0.4 is 0 Å². The molecule has 0 aromatic carbocycles. The van der Waals surface area contributed by atoms with E-state index in [1.54, 1.807) is 15.4 Å². The summed E-state index contributed by atoms with van der Waals surface area (Å²) in [5, 5.41) is 13.0. The SMILES string of the molecule is Cc1c(-c2ccn(CCN=[N+]=[N-])n2)cn2nc(-c3nccn3C)nc(Cl)c12. The fraction of sp³-hybridized carbons (Fsp3) is 0.250. The average Bonchev–Trinajstić information content (AvgIpc) is 3.34. The van der Waals surface area contributed by atoms with Crippen molar-refractivity contribution in [3.63, 3.8) is 0 Å². The third kappa shape index (κ3) is 3.01. The van der Waals surface area contributed by atoms with Crippen molar-refractivity contribution >= 4 is 17.1 Å². The van der Waals surface area contributed by atoms with Crippen molar-refractivity contribution in [2.45, 2.75) is 13.5 Å². The van der Waals surface area contributed by atoms with Crippen molar-refractivity contribution in [2.75, 3.05) is 6.54 Å². The van der Waals surface area contributed by atoms with E-state index in [0.717, 1.165) is 22.3 Å². The Balaban J connectivity index is 1.77. The van der Waals surface area contributed by atoms with Crippen LogP contribution in [0.5, 0.6) is 0 Å². The fourth-order valence-electron chi connectivity index (χ4n) is 2.94. The van der Waals surface area contributed by atoms with E-state index in [1.807, 2.05) is 43.2 Å². The van der Waals surface area contributed by atoms with Gasteiger partial charge in [0.05, 0.1) is 5.69 Å². The van der Waals surface area contributed by atoms with Gasteiger partial charge in [0, 0.05) is 55.4 Å². The van der Waals surface area contributed by atoms with E-state index in [1.165, 1.54) is 0 Å². The summed E-state index contributed by atoms with van der Waals surface area (Å²) in [7, 11) is 1.87. The van der Waals surface area contributed by atoms with Crippen molar-refractivity contribution in [1.82, 2.24) is 33.9 Å². The number of nitrogens with zero attached hydrogens (tertiary/aromatic N) is 10. The molecule has 0 aliphatic rings. The molecule has 0 saturated heterocycles. The molecule has 0 radical (unpaired) electrons. The Hall–Kier alpha value is -3.36. The summed E-state index contributed by atoms with van der Waals surface area (Å²) in [6.07, 6.45) is 7.24. The van der Waals surface area contributed by atoms with E-state index in [0.29, 0.717) is 29.9 Å². The minimum atomic E-state index is 0.346. The number of fused-ring (bicyclic) bond motifs is 1. The van der Waals surface area contributed by atoms with Crippen molar-refractivity contribution in [2.24, 2.45) is 12.2 Å². The highest BCUT2D eigenvalue weighted by Gasteiger charge is 2.18. The summed E-state index contributed by atoms with van der Waals surface area (Å²) in [6, 6.07) is 1.90. The number of halogens is 1. The number of imidazole rings is 1. The summed E-state index contributed by atoms with van der Waals surface area (Å²) in [6.45, 7) is 2.82. The van der Waals surface area contributed by atoms with E-state index >= 15 is 0 Å². The smallest absolute Gasteiger partial charge is 0.217 e. The number of rotatable bonds is 5. The fourth-order valence-corrected chi connectivity index (χ4v) is 3.25. The van der Waals surface area contributed by atoms with Crippen LogP contribution in [0.1, 0.15) is 5.56 Å².